The van der Waals surface area contributed by atoms with Crippen LogP contribution < -0.4 is 0 Å². The number of nitrogens with zero attached hydrogens (tertiary/aromatic N) is 6. The third-order valence-corrected chi connectivity index (χ3v) is 5.81. The number of carbonyl (C=O) groups excluding carboxylic acids is 1. The lowest BCUT2D eigenvalue weighted by atomic mass is 10.1. The van der Waals surface area contributed by atoms with E-state index in [2.05, 4.69) is 20.3 Å². The van der Waals surface area contributed by atoms with Gasteiger partial charge in [0.05, 0.1) is 29.7 Å². The van der Waals surface area contributed by atoms with E-state index in [-0.39, 0.29) is 23.7 Å². The van der Waals surface area contributed by atoms with Crippen LogP contribution in [0.4, 0.5) is 4.39 Å². The number of halogens is 2. The first-order chi connectivity index (χ1) is 15.5. The highest BCUT2D eigenvalue weighted by molar-refractivity contribution is 6.31. The third-order valence-electron chi connectivity index (χ3n) is 5.57. The van der Waals surface area contributed by atoms with Crippen LogP contribution in [0.1, 0.15) is 40.6 Å². The van der Waals surface area contributed by atoms with Crippen LogP contribution in [0.15, 0.2) is 53.3 Å². The molecule has 162 valence electrons. The molecule has 3 heterocycles. The van der Waals surface area contributed by atoms with Crippen molar-refractivity contribution in [1.29, 1.82) is 0 Å². The van der Waals surface area contributed by atoms with Gasteiger partial charge in [0.1, 0.15) is 5.82 Å². The predicted octanol–water partition coefficient (Wildman–Crippen LogP) is 4.40. The first-order valence-electron chi connectivity index (χ1n) is 10.1. The number of hydrogen-bond donors (Lipinski definition) is 0. The molecule has 2 aromatic carbocycles. The second-order valence-electron chi connectivity index (χ2n) is 7.51. The summed E-state index contributed by atoms with van der Waals surface area (Å²) in [6.07, 6.45) is 4.55. The highest BCUT2D eigenvalue weighted by atomic mass is 35.5. The van der Waals surface area contributed by atoms with Crippen LogP contribution in [-0.2, 0) is 0 Å². The summed E-state index contributed by atoms with van der Waals surface area (Å²) in [6, 6.07) is 9.33. The largest absolute Gasteiger partial charge is 0.334 e. The van der Waals surface area contributed by atoms with Crippen LogP contribution >= 0.6 is 11.6 Å². The molecule has 0 aliphatic carbocycles. The summed E-state index contributed by atoms with van der Waals surface area (Å²) >= 11 is 6.19. The summed E-state index contributed by atoms with van der Waals surface area (Å²) in [7, 11) is 0. The molecular formula is C22H18ClFN6O2. The van der Waals surface area contributed by atoms with Crippen molar-refractivity contribution in [2.75, 3.05) is 6.54 Å². The van der Waals surface area contributed by atoms with Gasteiger partial charge in [-0.3, -0.25) is 4.79 Å². The number of rotatable bonds is 4. The second-order valence-corrected chi connectivity index (χ2v) is 7.94. The Morgan fingerprint density at radius 2 is 2.03 bits per heavy atom. The fourth-order valence-corrected chi connectivity index (χ4v) is 4.12. The summed E-state index contributed by atoms with van der Waals surface area (Å²) in [5.41, 5.74) is 1.86. The van der Waals surface area contributed by atoms with E-state index in [1.54, 1.807) is 42.2 Å². The van der Waals surface area contributed by atoms with Crippen molar-refractivity contribution in [3.63, 3.8) is 0 Å². The molecule has 1 aliphatic rings. The first kappa shape index (κ1) is 20.3. The van der Waals surface area contributed by atoms with Crippen LogP contribution in [0.2, 0.25) is 5.02 Å². The monoisotopic (exact) mass is 452 g/mol. The van der Waals surface area contributed by atoms with Gasteiger partial charge < -0.3 is 9.42 Å². The molecule has 32 heavy (non-hydrogen) atoms. The Bertz CT molecular complexity index is 1290. The Morgan fingerprint density at radius 1 is 1.22 bits per heavy atom. The Kier molecular flexibility index (Phi) is 5.18. The van der Waals surface area contributed by atoms with Crippen molar-refractivity contribution in [1.82, 2.24) is 30.0 Å². The summed E-state index contributed by atoms with van der Waals surface area (Å²) < 4.78 is 19.4. The zero-order chi connectivity index (χ0) is 22.2. The van der Waals surface area contributed by atoms with Crippen molar-refractivity contribution in [3.05, 3.63) is 76.6 Å². The van der Waals surface area contributed by atoms with Crippen molar-refractivity contribution in [2.24, 2.45) is 0 Å². The molecule has 1 fully saturated rings. The van der Waals surface area contributed by atoms with Gasteiger partial charge in [-0.25, -0.2) is 4.39 Å². The molecule has 2 aromatic heterocycles. The van der Waals surface area contributed by atoms with E-state index < -0.39 is 0 Å². The lowest BCUT2D eigenvalue weighted by Gasteiger charge is -2.23. The molecule has 1 unspecified atom stereocenters. The number of likely N-dealkylation sites (tertiary alicyclic amines) is 1. The minimum Gasteiger partial charge on any atom is -0.334 e. The van der Waals surface area contributed by atoms with E-state index in [4.69, 9.17) is 16.1 Å². The Morgan fingerprint density at radius 3 is 2.84 bits per heavy atom. The number of aromatic nitrogens is 5. The second kappa shape index (κ2) is 8.16. The summed E-state index contributed by atoms with van der Waals surface area (Å²) in [6.45, 7) is 2.19. The molecule has 0 saturated carbocycles. The van der Waals surface area contributed by atoms with Gasteiger partial charge in [-0.2, -0.15) is 20.0 Å². The zero-order valence-electron chi connectivity index (χ0n) is 17.1. The van der Waals surface area contributed by atoms with Gasteiger partial charge in [0.25, 0.3) is 11.8 Å². The minimum atomic E-state index is -0.369. The van der Waals surface area contributed by atoms with E-state index in [1.807, 2.05) is 0 Å². The number of benzene rings is 2. The maximum atomic E-state index is 13.9. The van der Waals surface area contributed by atoms with Gasteiger partial charge in [0, 0.05) is 17.1 Å². The molecule has 10 heteroatoms. The smallest absolute Gasteiger partial charge is 0.258 e. The highest BCUT2D eigenvalue weighted by Crippen LogP contribution is 2.34. The average molecular weight is 453 g/mol. The maximum absolute atomic E-state index is 13.9. The first-order valence-corrected chi connectivity index (χ1v) is 10.5. The molecule has 1 aliphatic heterocycles. The van der Waals surface area contributed by atoms with Crippen molar-refractivity contribution in [3.8, 4) is 17.1 Å². The highest BCUT2D eigenvalue weighted by Gasteiger charge is 2.35. The van der Waals surface area contributed by atoms with Gasteiger partial charge in [0.15, 0.2) is 5.82 Å². The van der Waals surface area contributed by atoms with E-state index in [9.17, 15) is 9.18 Å². The Balaban J connectivity index is 1.48. The quantitative estimate of drug-likeness (QED) is 0.456. The van der Waals surface area contributed by atoms with Crippen molar-refractivity contribution < 1.29 is 13.7 Å². The van der Waals surface area contributed by atoms with E-state index in [1.165, 1.54) is 23.3 Å². The van der Waals surface area contributed by atoms with Gasteiger partial charge in [0.2, 0.25) is 0 Å². The van der Waals surface area contributed by atoms with E-state index >= 15 is 0 Å². The van der Waals surface area contributed by atoms with Crippen molar-refractivity contribution >= 4 is 17.5 Å². The maximum Gasteiger partial charge on any atom is 0.258 e. The van der Waals surface area contributed by atoms with Gasteiger partial charge in [-0.05, 0) is 55.7 Å². The summed E-state index contributed by atoms with van der Waals surface area (Å²) in [5, 5.41) is 12.8. The minimum absolute atomic E-state index is 0.223. The molecule has 0 spiro atoms. The topological polar surface area (TPSA) is 89.9 Å². The molecule has 1 amide bonds. The molecule has 4 aromatic rings. The molecule has 5 rings (SSSR count). The van der Waals surface area contributed by atoms with Crippen LogP contribution in [0.5, 0.6) is 0 Å². The van der Waals surface area contributed by atoms with E-state index in [0.29, 0.717) is 46.2 Å². The van der Waals surface area contributed by atoms with Gasteiger partial charge in [-0.1, -0.05) is 22.8 Å². The number of amides is 1. The Labute approximate surface area is 187 Å². The SMILES string of the molecule is Cc1c(F)cccc1-c1nc(C2CCCN2C(=O)c2cc(Cl)ccc2-n2nccn2)no1. The normalized spacial score (nSPS) is 16.0. The lowest BCUT2D eigenvalue weighted by Crippen LogP contribution is -2.32. The average Bonchev–Trinajstić information content (AvgIpc) is 3.56. The molecule has 8 nitrogen and oxygen atoms in total. The fraction of sp³-hybridized carbons (Fsp3) is 0.227. The third kappa shape index (κ3) is 3.54. The van der Waals surface area contributed by atoms with Crippen LogP contribution in [0.3, 0.4) is 0 Å². The number of hydrogen-bond acceptors (Lipinski definition) is 6. The molecule has 0 N–H and O–H groups in total. The lowest BCUT2D eigenvalue weighted by molar-refractivity contribution is 0.0728. The van der Waals surface area contributed by atoms with Gasteiger partial charge >= 0.3 is 0 Å². The van der Waals surface area contributed by atoms with Crippen LogP contribution in [0.25, 0.3) is 17.1 Å². The van der Waals surface area contributed by atoms with Crippen LogP contribution in [0, 0.1) is 12.7 Å². The fourth-order valence-electron chi connectivity index (χ4n) is 3.95. The number of carbonyl (C=O) groups is 1. The van der Waals surface area contributed by atoms with Crippen molar-refractivity contribution in [2.45, 2.75) is 25.8 Å². The summed E-state index contributed by atoms with van der Waals surface area (Å²) in [4.78, 5) is 21.1. The summed E-state index contributed by atoms with van der Waals surface area (Å²) in [5.74, 6) is 0.0343. The predicted molar refractivity (Wildman–Crippen MR) is 114 cm³/mol. The molecule has 0 bridgehead atoms. The molecule has 1 saturated heterocycles. The standard InChI is InChI=1S/C22H18ClFN6O2/c1-13-15(4-2-5-17(13)24)21-27-20(28-32-21)19-6-3-11-29(19)22(31)16-12-14(23)7-8-18(16)30-25-9-10-26-30/h2,4-5,7-10,12,19H,3,6,11H2,1H3. The van der Waals surface area contributed by atoms with Crippen LogP contribution in [-0.4, -0.2) is 42.5 Å². The molecule has 0 radical (unpaired) electrons. The molecule has 1 atom stereocenters. The Hall–Kier alpha value is -3.59. The van der Waals surface area contributed by atoms with Gasteiger partial charge in [-0.15, -0.1) is 0 Å². The van der Waals surface area contributed by atoms with E-state index in [0.717, 1.165) is 6.42 Å². The molecular weight excluding hydrogens is 435 g/mol. The zero-order valence-corrected chi connectivity index (χ0v) is 17.8.